The largest absolute Gasteiger partial charge is 0.494 e. The highest BCUT2D eigenvalue weighted by Crippen LogP contribution is 2.56. The third kappa shape index (κ3) is 8.27. The topological polar surface area (TPSA) is 108 Å². The van der Waals surface area contributed by atoms with Crippen LogP contribution in [-0.2, 0) is 11.2 Å². The third-order valence-corrected chi connectivity index (χ3v) is 9.28. The number of aromatic nitrogens is 1. The molecule has 2 aromatic carbocycles. The predicted octanol–water partition coefficient (Wildman–Crippen LogP) is 7.89. The molecule has 2 atom stereocenters. The molecular weight excluding hydrogens is 594 g/mol. The molecule has 0 spiro atoms. The minimum Gasteiger partial charge on any atom is -0.494 e. The summed E-state index contributed by atoms with van der Waals surface area (Å²) >= 11 is 1.01. The summed E-state index contributed by atoms with van der Waals surface area (Å²) in [5.41, 5.74) is 2.16. The van der Waals surface area contributed by atoms with Crippen molar-refractivity contribution in [3.05, 3.63) is 55.5 Å². The standard InChI is InChI=1S/C35H49NO8S/c1-7-10-12-18-41-26-21-35(9-3,22-43-25-16-14-24(15-17-25)20-27-33(37)36-34(38)45-27)44-30-28(26)23(4)29(42-19-13-11-8-2)31(39-5)32(30)40-6/h14-17,26,37H,7-13,18-22H2,1-6H3,(H,36,38). The Morgan fingerprint density at radius 1 is 0.956 bits per heavy atom. The van der Waals surface area contributed by atoms with Gasteiger partial charge in [-0.2, -0.15) is 0 Å². The van der Waals surface area contributed by atoms with Gasteiger partial charge in [-0.15, -0.1) is 0 Å². The van der Waals surface area contributed by atoms with Crippen LogP contribution < -0.4 is 28.6 Å². The van der Waals surface area contributed by atoms with Crippen molar-refractivity contribution in [2.45, 2.75) is 97.2 Å². The molecule has 0 radical (unpaired) electrons. The fourth-order valence-electron chi connectivity index (χ4n) is 5.75. The first kappa shape index (κ1) is 34.5. The van der Waals surface area contributed by atoms with Crippen LogP contribution >= 0.6 is 11.3 Å². The Kier molecular flexibility index (Phi) is 12.5. The number of ether oxygens (including phenoxy) is 6. The molecule has 2 unspecified atom stereocenters. The van der Waals surface area contributed by atoms with Gasteiger partial charge in [-0.25, -0.2) is 0 Å². The normalized spacial score (nSPS) is 17.4. The zero-order chi connectivity index (χ0) is 32.4. The molecule has 2 N–H and O–H groups in total. The van der Waals surface area contributed by atoms with E-state index in [1.807, 2.05) is 31.2 Å². The first-order valence-electron chi connectivity index (χ1n) is 16.1. The number of hydrogen-bond donors (Lipinski definition) is 2. The molecule has 0 amide bonds. The lowest BCUT2D eigenvalue weighted by molar-refractivity contribution is -0.0717. The monoisotopic (exact) mass is 643 g/mol. The van der Waals surface area contributed by atoms with Crippen LogP contribution in [0.3, 0.4) is 0 Å². The highest BCUT2D eigenvalue weighted by atomic mass is 32.1. The third-order valence-electron chi connectivity index (χ3n) is 8.41. The summed E-state index contributed by atoms with van der Waals surface area (Å²) in [5.74, 6) is 2.94. The van der Waals surface area contributed by atoms with E-state index in [9.17, 15) is 9.90 Å². The van der Waals surface area contributed by atoms with Crippen molar-refractivity contribution >= 4 is 11.3 Å². The maximum atomic E-state index is 11.6. The zero-order valence-electron chi connectivity index (χ0n) is 27.6. The van der Waals surface area contributed by atoms with Crippen molar-refractivity contribution in [3.63, 3.8) is 0 Å². The van der Waals surface area contributed by atoms with Gasteiger partial charge in [-0.05, 0) is 43.9 Å². The number of H-pyrrole nitrogens is 1. The molecule has 4 rings (SSSR count). The van der Waals surface area contributed by atoms with Crippen molar-refractivity contribution in [2.24, 2.45) is 0 Å². The van der Waals surface area contributed by atoms with E-state index in [0.717, 1.165) is 66.6 Å². The van der Waals surface area contributed by atoms with Crippen LogP contribution in [0.2, 0.25) is 0 Å². The van der Waals surface area contributed by atoms with E-state index in [-0.39, 0.29) is 16.9 Å². The molecule has 1 aromatic heterocycles. The van der Waals surface area contributed by atoms with Crippen LogP contribution in [0.1, 0.15) is 99.8 Å². The Morgan fingerprint density at radius 3 is 2.24 bits per heavy atom. The average molecular weight is 644 g/mol. The number of methoxy groups -OCH3 is 2. The molecule has 248 valence electrons. The maximum Gasteiger partial charge on any atom is 0.307 e. The summed E-state index contributed by atoms with van der Waals surface area (Å²) < 4.78 is 38.0. The molecule has 45 heavy (non-hydrogen) atoms. The lowest BCUT2D eigenvalue weighted by Gasteiger charge is -2.43. The molecule has 0 saturated carbocycles. The SMILES string of the molecule is CCCCCOc1c(C)c2c(c(OC)c1OC)OC(CC)(COc1ccc(Cc3sc(=O)[nH]c3O)cc1)CC2OCCCCC. The van der Waals surface area contributed by atoms with Gasteiger partial charge >= 0.3 is 4.87 Å². The first-order chi connectivity index (χ1) is 21.8. The first-order valence-corrected chi connectivity index (χ1v) is 17.0. The van der Waals surface area contributed by atoms with Crippen molar-refractivity contribution in [1.82, 2.24) is 4.98 Å². The number of rotatable bonds is 18. The minimum atomic E-state index is -0.682. The fourth-order valence-corrected chi connectivity index (χ4v) is 6.51. The Morgan fingerprint density at radius 2 is 1.64 bits per heavy atom. The average Bonchev–Trinajstić information content (AvgIpc) is 3.36. The number of unbranched alkanes of at least 4 members (excludes halogenated alkanes) is 4. The van der Waals surface area contributed by atoms with Crippen molar-refractivity contribution in [3.8, 4) is 34.6 Å². The van der Waals surface area contributed by atoms with E-state index in [2.05, 4.69) is 25.8 Å². The van der Waals surface area contributed by atoms with E-state index in [0.29, 0.717) is 72.7 Å². The molecule has 2 heterocycles. The molecule has 9 nitrogen and oxygen atoms in total. The number of thiazole rings is 1. The van der Waals surface area contributed by atoms with E-state index in [4.69, 9.17) is 28.4 Å². The van der Waals surface area contributed by atoms with Crippen LogP contribution in [0, 0.1) is 6.92 Å². The summed E-state index contributed by atoms with van der Waals surface area (Å²) in [4.78, 5) is 14.3. The maximum absolute atomic E-state index is 11.6. The highest BCUT2D eigenvalue weighted by molar-refractivity contribution is 7.09. The molecular formula is C35H49NO8S. The van der Waals surface area contributed by atoms with Gasteiger partial charge in [0.05, 0.1) is 31.8 Å². The molecule has 0 saturated heterocycles. The summed E-state index contributed by atoms with van der Waals surface area (Å²) in [6.45, 7) is 10.0. The lowest BCUT2D eigenvalue weighted by atomic mass is 9.84. The Labute approximate surface area is 270 Å². The van der Waals surface area contributed by atoms with Crippen LogP contribution in [0.4, 0.5) is 0 Å². The van der Waals surface area contributed by atoms with Crippen LogP contribution in [0.25, 0.3) is 0 Å². The molecule has 10 heteroatoms. The summed E-state index contributed by atoms with van der Waals surface area (Å²) in [7, 11) is 3.25. The quantitative estimate of drug-likeness (QED) is 0.135. The van der Waals surface area contributed by atoms with Gasteiger partial charge < -0.3 is 33.5 Å². The molecule has 3 aromatic rings. The Bertz CT molecular complexity index is 1430. The molecule has 1 aliphatic heterocycles. The summed E-state index contributed by atoms with van der Waals surface area (Å²) in [5, 5.41) is 9.95. The zero-order valence-corrected chi connectivity index (χ0v) is 28.4. The van der Waals surface area contributed by atoms with Crippen LogP contribution in [0.15, 0.2) is 29.1 Å². The predicted molar refractivity (Wildman–Crippen MR) is 177 cm³/mol. The van der Waals surface area contributed by atoms with E-state index in [1.165, 1.54) is 0 Å². The number of aromatic amines is 1. The van der Waals surface area contributed by atoms with Gasteiger partial charge in [0.15, 0.2) is 11.5 Å². The van der Waals surface area contributed by atoms with E-state index in [1.54, 1.807) is 14.2 Å². The van der Waals surface area contributed by atoms with Gasteiger partial charge in [0, 0.05) is 30.6 Å². The number of benzene rings is 2. The van der Waals surface area contributed by atoms with Gasteiger partial charge in [-0.3, -0.25) is 9.78 Å². The van der Waals surface area contributed by atoms with Crippen LogP contribution in [-0.4, -0.2) is 49.7 Å². The van der Waals surface area contributed by atoms with Gasteiger partial charge in [0.25, 0.3) is 0 Å². The molecule has 0 fully saturated rings. The fraction of sp³-hybridized carbons (Fsp3) is 0.571. The molecule has 0 aliphatic carbocycles. The number of aromatic hydroxyl groups is 1. The molecule has 0 bridgehead atoms. The second-order valence-corrected chi connectivity index (χ2v) is 12.7. The summed E-state index contributed by atoms with van der Waals surface area (Å²) in [6.07, 6.45) is 7.88. The Hall–Kier alpha value is -3.37. The Balaban J connectivity index is 1.61. The second kappa shape index (κ2) is 16.3. The highest BCUT2D eigenvalue weighted by Gasteiger charge is 2.45. The van der Waals surface area contributed by atoms with Gasteiger partial charge in [0.1, 0.15) is 18.0 Å². The van der Waals surface area contributed by atoms with Crippen molar-refractivity contribution < 1.29 is 33.5 Å². The number of fused-ring (bicyclic) bond motifs is 1. The van der Waals surface area contributed by atoms with E-state index < -0.39 is 5.60 Å². The summed E-state index contributed by atoms with van der Waals surface area (Å²) in [6, 6.07) is 7.67. The molecule has 1 aliphatic rings. The van der Waals surface area contributed by atoms with Gasteiger partial charge in [0.2, 0.25) is 17.4 Å². The van der Waals surface area contributed by atoms with Crippen molar-refractivity contribution in [2.75, 3.05) is 34.0 Å². The van der Waals surface area contributed by atoms with E-state index >= 15 is 0 Å². The number of hydrogen-bond acceptors (Lipinski definition) is 9. The number of nitrogens with one attached hydrogen (secondary N) is 1. The minimum absolute atomic E-state index is 0.0751. The van der Waals surface area contributed by atoms with Crippen molar-refractivity contribution in [1.29, 1.82) is 0 Å². The van der Waals surface area contributed by atoms with Crippen LogP contribution in [0.5, 0.6) is 34.6 Å². The second-order valence-electron chi connectivity index (χ2n) is 11.6. The lowest BCUT2D eigenvalue weighted by Crippen LogP contribution is -2.46. The smallest absolute Gasteiger partial charge is 0.307 e. The van der Waals surface area contributed by atoms with Gasteiger partial charge in [-0.1, -0.05) is 69.9 Å².